The molecule has 1 aromatic rings. The standard InChI is InChI=1S/C9H8BrClN2O/c1-13-8(4-12)6-2-5(11)3-7(10)9(6)14/h2-3,8,13-14H,1H3. The van der Waals surface area contributed by atoms with E-state index in [9.17, 15) is 5.11 Å². The lowest BCUT2D eigenvalue weighted by molar-refractivity contribution is 0.459. The molecule has 5 heteroatoms. The van der Waals surface area contributed by atoms with Crippen molar-refractivity contribution in [2.75, 3.05) is 7.05 Å². The van der Waals surface area contributed by atoms with E-state index in [1.807, 2.05) is 6.07 Å². The number of phenolic OH excluding ortho intramolecular Hbond substituents is 1. The molecule has 0 radical (unpaired) electrons. The minimum Gasteiger partial charge on any atom is -0.506 e. The topological polar surface area (TPSA) is 56.0 Å². The van der Waals surface area contributed by atoms with Crippen molar-refractivity contribution in [3.05, 3.63) is 27.2 Å². The van der Waals surface area contributed by atoms with Gasteiger partial charge in [-0.05, 0) is 35.1 Å². The highest BCUT2D eigenvalue weighted by molar-refractivity contribution is 9.10. The summed E-state index contributed by atoms with van der Waals surface area (Å²) in [6.07, 6.45) is 0. The smallest absolute Gasteiger partial charge is 0.135 e. The van der Waals surface area contributed by atoms with E-state index in [1.165, 1.54) is 0 Å². The average Bonchev–Trinajstić information content (AvgIpc) is 2.15. The van der Waals surface area contributed by atoms with Crippen LogP contribution in [0.15, 0.2) is 16.6 Å². The quantitative estimate of drug-likeness (QED) is 0.872. The SMILES string of the molecule is CNC(C#N)c1cc(Cl)cc(Br)c1O. The highest BCUT2D eigenvalue weighted by Gasteiger charge is 2.15. The Morgan fingerprint density at radius 3 is 2.79 bits per heavy atom. The summed E-state index contributed by atoms with van der Waals surface area (Å²) in [6.45, 7) is 0. The van der Waals surface area contributed by atoms with Gasteiger partial charge < -0.3 is 10.4 Å². The summed E-state index contributed by atoms with van der Waals surface area (Å²) in [5, 5.41) is 21.7. The Kier molecular flexibility index (Phi) is 3.76. The number of nitriles is 1. The van der Waals surface area contributed by atoms with Crippen molar-refractivity contribution in [3.63, 3.8) is 0 Å². The maximum absolute atomic E-state index is 9.66. The second-order valence-corrected chi connectivity index (χ2v) is 3.97. The highest BCUT2D eigenvalue weighted by Crippen LogP contribution is 2.34. The molecular weight excluding hydrogens is 267 g/mol. The fraction of sp³-hybridized carbons (Fsp3) is 0.222. The summed E-state index contributed by atoms with van der Waals surface area (Å²) >= 11 is 8.95. The van der Waals surface area contributed by atoms with Crippen molar-refractivity contribution in [3.8, 4) is 11.8 Å². The largest absolute Gasteiger partial charge is 0.506 e. The molecule has 1 aromatic carbocycles. The maximum Gasteiger partial charge on any atom is 0.135 e. The number of hydrogen-bond donors (Lipinski definition) is 2. The van der Waals surface area contributed by atoms with Crippen molar-refractivity contribution < 1.29 is 5.11 Å². The molecule has 0 spiro atoms. The van der Waals surface area contributed by atoms with Crippen molar-refractivity contribution in [1.82, 2.24) is 5.32 Å². The molecule has 0 saturated carbocycles. The van der Waals surface area contributed by atoms with Gasteiger partial charge in [-0.2, -0.15) is 5.26 Å². The molecule has 1 atom stereocenters. The minimum atomic E-state index is -0.565. The molecular formula is C9H8BrClN2O. The first-order valence-electron chi connectivity index (χ1n) is 3.85. The summed E-state index contributed by atoms with van der Waals surface area (Å²) in [6, 6.07) is 4.58. The average molecular weight is 276 g/mol. The molecule has 14 heavy (non-hydrogen) atoms. The Morgan fingerprint density at radius 2 is 2.29 bits per heavy atom. The number of hydrogen-bond acceptors (Lipinski definition) is 3. The molecule has 0 aliphatic carbocycles. The van der Waals surface area contributed by atoms with Crippen LogP contribution in [-0.4, -0.2) is 12.2 Å². The van der Waals surface area contributed by atoms with E-state index in [0.717, 1.165) is 0 Å². The van der Waals surface area contributed by atoms with Crippen LogP contribution in [0.2, 0.25) is 5.02 Å². The van der Waals surface area contributed by atoms with Crippen LogP contribution in [0.25, 0.3) is 0 Å². The van der Waals surface area contributed by atoms with Crippen LogP contribution < -0.4 is 5.32 Å². The summed E-state index contributed by atoms with van der Waals surface area (Å²) in [7, 11) is 1.64. The van der Waals surface area contributed by atoms with Gasteiger partial charge in [-0.15, -0.1) is 0 Å². The number of phenols is 1. The summed E-state index contributed by atoms with van der Waals surface area (Å²) in [4.78, 5) is 0. The van der Waals surface area contributed by atoms with Crippen LogP contribution in [-0.2, 0) is 0 Å². The minimum absolute atomic E-state index is 0.0373. The first-order valence-corrected chi connectivity index (χ1v) is 5.02. The number of halogens is 2. The van der Waals surface area contributed by atoms with Gasteiger partial charge >= 0.3 is 0 Å². The second-order valence-electron chi connectivity index (χ2n) is 2.68. The third-order valence-corrected chi connectivity index (χ3v) is 2.61. The van der Waals surface area contributed by atoms with Crippen LogP contribution in [0, 0.1) is 11.3 Å². The van der Waals surface area contributed by atoms with E-state index in [4.69, 9.17) is 16.9 Å². The normalized spacial score (nSPS) is 12.1. The number of nitrogens with zero attached hydrogens (tertiary/aromatic N) is 1. The van der Waals surface area contributed by atoms with Gasteiger partial charge in [0.2, 0.25) is 0 Å². The second kappa shape index (κ2) is 4.65. The zero-order valence-electron chi connectivity index (χ0n) is 7.38. The lowest BCUT2D eigenvalue weighted by Crippen LogP contribution is -2.14. The van der Waals surface area contributed by atoms with Crippen LogP contribution in [0.3, 0.4) is 0 Å². The number of benzene rings is 1. The third-order valence-electron chi connectivity index (χ3n) is 1.79. The Hall–Kier alpha value is -0.760. The van der Waals surface area contributed by atoms with Crippen LogP contribution in [0.5, 0.6) is 5.75 Å². The predicted octanol–water partition coefficient (Wildman–Crippen LogP) is 2.59. The van der Waals surface area contributed by atoms with Crippen LogP contribution in [0.4, 0.5) is 0 Å². The molecule has 74 valence electrons. The molecule has 1 rings (SSSR count). The molecule has 0 saturated heterocycles. The molecule has 2 N–H and O–H groups in total. The summed E-state index contributed by atoms with van der Waals surface area (Å²) in [5.74, 6) is 0.0373. The van der Waals surface area contributed by atoms with Gasteiger partial charge in [0.1, 0.15) is 11.8 Å². The molecule has 1 unspecified atom stereocenters. The fourth-order valence-corrected chi connectivity index (χ4v) is 1.93. The van der Waals surface area contributed by atoms with E-state index < -0.39 is 6.04 Å². The van der Waals surface area contributed by atoms with Gasteiger partial charge in [0.25, 0.3) is 0 Å². The molecule has 3 nitrogen and oxygen atoms in total. The van der Waals surface area contributed by atoms with E-state index in [0.29, 0.717) is 15.1 Å². The first-order chi connectivity index (χ1) is 6.60. The Labute approximate surface area is 95.4 Å². The first kappa shape index (κ1) is 11.3. The van der Waals surface area contributed by atoms with E-state index in [-0.39, 0.29) is 5.75 Å². The molecule has 0 amide bonds. The van der Waals surface area contributed by atoms with Gasteiger partial charge in [0, 0.05) is 10.6 Å². The summed E-state index contributed by atoms with van der Waals surface area (Å²) < 4.78 is 0.482. The van der Waals surface area contributed by atoms with Crippen LogP contribution in [0.1, 0.15) is 11.6 Å². The maximum atomic E-state index is 9.66. The lowest BCUT2D eigenvalue weighted by atomic mass is 10.1. The third kappa shape index (κ3) is 2.18. The Bertz CT molecular complexity index is 389. The zero-order chi connectivity index (χ0) is 10.7. The zero-order valence-corrected chi connectivity index (χ0v) is 9.72. The Balaban J connectivity index is 3.27. The fourth-order valence-electron chi connectivity index (χ4n) is 1.10. The molecule has 0 aromatic heterocycles. The molecule has 0 aliphatic heterocycles. The Morgan fingerprint density at radius 1 is 1.64 bits per heavy atom. The van der Waals surface area contributed by atoms with Gasteiger partial charge in [-0.3, -0.25) is 0 Å². The van der Waals surface area contributed by atoms with Gasteiger partial charge in [0.15, 0.2) is 0 Å². The van der Waals surface area contributed by atoms with Crippen molar-refractivity contribution in [2.24, 2.45) is 0 Å². The van der Waals surface area contributed by atoms with Gasteiger partial charge in [-0.25, -0.2) is 0 Å². The molecule has 0 aliphatic rings. The molecule has 0 heterocycles. The van der Waals surface area contributed by atoms with Crippen molar-refractivity contribution in [2.45, 2.75) is 6.04 Å². The van der Waals surface area contributed by atoms with E-state index >= 15 is 0 Å². The van der Waals surface area contributed by atoms with Gasteiger partial charge in [-0.1, -0.05) is 11.6 Å². The highest BCUT2D eigenvalue weighted by atomic mass is 79.9. The van der Waals surface area contributed by atoms with Crippen molar-refractivity contribution >= 4 is 27.5 Å². The lowest BCUT2D eigenvalue weighted by Gasteiger charge is -2.11. The van der Waals surface area contributed by atoms with E-state index in [2.05, 4.69) is 21.2 Å². The predicted molar refractivity (Wildman–Crippen MR) is 58.2 cm³/mol. The van der Waals surface area contributed by atoms with Crippen molar-refractivity contribution in [1.29, 1.82) is 5.26 Å². The molecule has 0 bridgehead atoms. The molecule has 0 fully saturated rings. The number of aromatic hydroxyl groups is 1. The summed E-state index contributed by atoms with van der Waals surface area (Å²) in [5.41, 5.74) is 0.467. The number of nitrogens with one attached hydrogen (secondary N) is 1. The monoisotopic (exact) mass is 274 g/mol. The number of rotatable bonds is 2. The van der Waals surface area contributed by atoms with Crippen LogP contribution >= 0.6 is 27.5 Å². The van der Waals surface area contributed by atoms with Gasteiger partial charge in [0.05, 0.1) is 10.5 Å². The van der Waals surface area contributed by atoms with E-state index in [1.54, 1.807) is 19.2 Å².